The summed E-state index contributed by atoms with van der Waals surface area (Å²) < 4.78 is 13.2. The number of halogens is 1. The van der Waals surface area contributed by atoms with Gasteiger partial charge in [0.05, 0.1) is 17.1 Å². The number of nitrogens with one attached hydrogen (secondary N) is 2. The molecule has 0 aliphatic carbocycles. The molecular formula is C12H16FN3O4. The van der Waals surface area contributed by atoms with Crippen molar-refractivity contribution in [2.45, 2.75) is 13.0 Å². The predicted molar refractivity (Wildman–Crippen MR) is 69.9 cm³/mol. The lowest BCUT2D eigenvalue weighted by Gasteiger charge is -2.08. The Kier molecular flexibility index (Phi) is 6.01. The first-order valence-corrected chi connectivity index (χ1v) is 6.02. The number of benzene rings is 1. The number of hydrogen-bond donors (Lipinski definition) is 3. The Bertz CT molecular complexity index is 494. The van der Waals surface area contributed by atoms with Crippen LogP contribution in [0.25, 0.3) is 0 Å². The van der Waals surface area contributed by atoms with Gasteiger partial charge in [0.25, 0.3) is 11.6 Å². The predicted octanol–water partition coefficient (Wildman–Crippen LogP) is 0.434. The van der Waals surface area contributed by atoms with E-state index in [1.54, 1.807) is 6.92 Å². The van der Waals surface area contributed by atoms with E-state index >= 15 is 0 Å². The largest absolute Gasteiger partial charge is 0.392 e. The lowest BCUT2D eigenvalue weighted by Crippen LogP contribution is -2.34. The molecule has 1 aromatic carbocycles. The number of non-ortho nitro benzene ring substituents is 1. The molecular weight excluding hydrogens is 269 g/mol. The van der Waals surface area contributed by atoms with Gasteiger partial charge in [-0.25, -0.2) is 4.39 Å². The van der Waals surface area contributed by atoms with Crippen LogP contribution in [0.5, 0.6) is 0 Å². The lowest BCUT2D eigenvalue weighted by molar-refractivity contribution is -0.385. The molecule has 0 fully saturated rings. The molecule has 0 radical (unpaired) electrons. The van der Waals surface area contributed by atoms with Gasteiger partial charge in [-0.05, 0) is 13.0 Å². The fourth-order valence-corrected chi connectivity index (χ4v) is 1.49. The van der Waals surface area contributed by atoms with Crippen LogP contribution in [0.15, 0.2) is 18.2 Å². The number of nitrogens with zero attached hydrogens (tertiary/aromatic N) is 1. The molecule has 7 nitrogen and oxygen atoms in total. The second-order valence-corrected chi connectivity index (χ2v) is 4.26. The number of aliphatic hydroxyl groups is 1. The van der Waals surface area contributed by atoms with E-state index in [-0.39, 0.29) is 12.1 Å². The second kappa shape index (κ2) is 7.51. The number of hydrogen-bond acceptors (Lipinski definition) is 5. The van der Waals surface area contributed by atoms with Gasteiger partial charge in [-0.15, -0.1) is 0 Å². The molecule has 0 spiro atoms. The smallest absolute Gasteiger partial charge is 0.273 e. The minimum Gasteiger partial charge on any atom is -0.392 e. The zero-order chi connectivity index (χ0) is 15.1. The minimum atomic E-state index is -0.836. The normalized spacial score (nSPS) is 11.9. The van der Waals surface area contributed by atoms with Crippen LogP contribution in [0.2, 0.25) is 0 Å². The van der Waals surface area contributed by atoms with Crippen molar-refractivity contribution in [2.75, 3.05) is 19.6 Å². The first-order valence-electron chi connectivity index (χ1n) is 6.02. The molecule has 3 N–H and O–H groups in total. The standard InChI is InChI=1S/C12H16FN3O4/c1-8(17)7-14-2-3-15-12(18)9-4-10(13)6-11(5-9)16(19)20/h4-6,8,14,17H,2-3,7H2,1H3,(H,15,18). The van der Waals surface area contributed by atoms with Crippen molar-refractivity contribution in [3.63, 3.8) is 0 Å². The molecule has 8 heteroatoms. The Labute approximate surface area is 114 Å². The van der Waals surface area contributed by atoms with E-state index in [1.165, 1.54) is 0 Å². The highest BCUT2D eigenvalue weighted by atomic mass is 19.1. The van der Waals surface area contributed by atoms with Crippen LogP contribution in [-0.4, -0.2) is 41.7 Å². The van der Waals surface area contributed by atoms with Crippen LogP contribution < -0.4 is 10.6 Å². The van der Waals surface area contributed by atoms with Crippen molar-refractivity contribution >= 4 is 11.6 Å². The monoisotopic (exact) mass is 285 g/mol. The molecule has 1 aromatic rings. The van der Waals surface area contributed by atoms with Gasteiger partial charge in [0.2, 0.25) is 0 Å². The Morgan fingerprint density at radius 1 is 1.45 bits per heavy atom. The molecule has 1 unspecified atom stereocenters. The van der Waals surface area contributed by atoms with Crippen LogP contribution in [0.3, 0.4) is 0 Å². The van der Waals surface area contributed by atoms with Gasteiger partial charge in [-0.1, -0.05) is 0 Å². The van der Waals surface area contributed by atoms with E-state index in [1.807, 2.05) is 0 Å². The number of rotatable bonds is 7. The van der Waals surface area contributed by atoms with Crippen molar-refractivity contribution in [1.82, 2.24) is 10.6 Å². The zero-order valence-electron chi connectivity index (χ0n) is 10.9. The van der Waals surface area contributed by atoms with Crippen LogP contribution in [-0.2, 0) is 0 Å². The minimum absolute atomic E-state index is 0.104. The van der Waals surface area contributed by atoms with Gasteiger partial charge in [0, 0.05) is 31.3 Å². The fourth-order valence-electron chi connectivity index (χ4n) is 1.49. The third-order valence-corrected chi connectivity index (χ3v) is 2.38. The highest BCUT2D eigenvalue weighted by Gasteiger charge is 2.14. The van der Waals surface area contributed by atoms with Crippen LogP contribution in [0.4, 0.5) is 10.1 Å². The lowest BCUT2D eigenvalue weighted by atomic mass is 10.2. The Morgan fingerprint density at radius 2 is 2.15 bits per heavy atom. The number of amides is 1. The van der Waals surface area contributed by atoms with Crippen LogP contribution >= 0.6 is 0 Å². The van der Waals surface area contributed by atoms with E-state index < -0.39 is 28.4 Å². The van der Waals surface area contributed by atoms with Gasteiger partial charge >= 0.3 is 0 Å². The molecule has 1 rings (SSSR count). The number of aliphatic hydroxyl groups excluding tert-OH is 1. The van der Waals surface area contributed by atoms with E-state index in [9.17, 15) is 19.3 Å². The quantitative estimate of drug-likeness (QED) is 0.383. The molecule has 1 amide bonds. The fraction of sp³-hybridized carbons (Fsp3) is 0.417. The van der Waals surface area contributed by atoms with Crippen molar-refractivity contribution in [2.24, 2.45) is 0 Å². The van der Waals surface area contributed by atoms with Crippen molar-refractivity contribution in [3.8, 4) is 0 Å². The molecule has 0 aromatic heterocycles. The van der Waals surface area contributed by atoms with Gasteiger partial charge in [-0.3, -0.25) is 14.9 Å². The van der Waals surface area contributed by atoms with Gasteiger partial charge < -0.3 is 15.7 Å². The van der Waals surface area contributed by atoms with Crippen LogP contribution in [0, 0.1) is 15.9 Å². The van der Waals surface area contributed by atoms with E-state index in [0.717, 1.165) is 18.2 Å². The summed E-state index contributed by atoms with van der Waals surface area (Å²) in [5.41, 5.74) is -0.574. The Hall–Kier alpha value is -2.06. The summed E-state index contributed by atoms with van der Waals surface area (Å²) in [6, 6.07) is 2.70. The summed E-state index contributed by atoms with van der Waals surface area (Å²) in [6.07, 6.45) is -0.489. The Morgan fingerprint density at radius 3 is 2.75 bits per heavy atom. The molecule has 110 valence electrons. The van der Waals surface area contributed by atoms with Gasteiger partial charge in [0.1, 0.15) is 5.82 Å². The number of carbonyl (C=O) groups is 1. The van der Waals surface area contributed by atoms with Crippen LogP contribution in [0.1, 0.15) is 17.3 Å². The van der Waals surface area contributed by atoms with Crippen molar-refractivity contribution in [1.29, 1.82) is 0 Å². The first kappa shape index (κ1) is 16.0. The average Bonchev–Trinajstić information content (AvgIpc) is 2.36. The molecule has 0 heterocycles. The van der Waals surface area contributed by atoms with E-state index in [0.29, 0.717) is 13.1 Å². The topological polar surface area (TPSA) is 104 Å². The molecule has 0 aliphatic heterocycles. The summed E-state index contributed by atoms with van der Waals surface area (Å²) in [7, 11) is 0. The molecule has 0 saturated heterocycles. The zero-order valence-corrected chi connectivity index (χ0v) is 10.9. The third kappa shape index (κ3) is 5.29. The molecule has 20 heavy (non-hydrogen) atoms. The second-order valence-electron chi connectivity index (χ2n) is 4.26. The van der Waals surface area contributed by atoms with E-state index in [4.69, 9.17) is 5.11 Å². The first-order chi connectivity index (χ1) is 9.40. The van der Waals surface area contributed by atoms with E-state index in [2.05, 4.69) is 10.6 Å². The number of nitro groups is 1. The van der Waals surface area contributed by atoms with Gasteiger partial charge in [-0.2, -0.15) is 0 Å². The summed E-state index contributed by atoms with van der Waals surface area (Å²) >= 11 is 0. The third-order valence-electron chi connectivity index (χ3n) is 2.38. The Balaban J connectivity index is 2.53. The summed E-state index contributed by atoms with van der Waals surface area (Å²) in [5.74, 6) is -1.43. The molecule has 1 atom stereocenters. The number of nitro benzene ring substituents is 1. The van der Waals surface area contributed by atoms with Crippen molar-refractivity contribution in [3.05, 3.63) is 39.7 Å². The SMILES string of the molecule is CC(O)CNCCNC(=O)c1cc(F)cc([N+](=O)[O-])c1. The number of carbonyl (C=O) groups excluding carboxylic acids is 1. The van der Waals surface area contributed by atoms with Gasteiger partial charge in [0.15, 0.2) is 0 Å². The summed E-state index contributed by atoms with van der Waals surface area (Å²) in [4.78, 5) is 21.5. The highest BCUT2D eigenvalue weighted by molar-refractivity contribution is 5.94. The summed E-state index contributed by atoms with van der Waals surface area (Å²) in [6.45, 7) is 2.70. The maximum Gasteiger partial charge on any atom is 0.273 e. The van der Waals surface area contributed by atoms with Crippen molar-refractivity contribution < 1.29 is 19.2 Å². The maximum absolute atomic E-state index is 13.2. The molecule has 0 bridgehead atoms. The average molecular weight is 285 g/mol. The molecule has 0 saturated carbocycles. The highest BCUT2D eigenvalue weighted by Crippen LogP contribution is 2.16. The molecule has 0 aliphatic rings. The summed E-state index contributed by atoms with van der Waals surface area (Å²) in [5, 5.41) is 24.9. The maximum atomic E-state index is 13.2.